The number of rotatable bonds is 6. The number of aromatic nitrogens is 2. The summed E-state index contributed by atoms with van der Waals surface area (Å²) in [6.07, 6.45) is 3.08. The van der Waals surface area contributed by atoms with Gasteiger partial charge in [-0.05, 0) is 19.4 Å². The molecule has 0 N–H and O–H groups in total. The van der Waals surface area contributed by atoms with Gasteiger partial charge in [-0.15, -0.1) is 0 Å². The summed E-state index contributed by atoms with van der Waals surface area (Å²) >= 11 is 6.34. The zero-order valence-corrected chi connectivity index (χ0v) is 16.7. The van der Waals surface area contributed by atoms with Crippen molar-refractivity contribution >= 4 is 39.3 Å². The number of halogens is 1. The Bertz CT molecular complexity index is 1030. The Hall–Kier alpha value is -2.45. The van der Waals surface area contributed by atoms with Crippen LogP contribution in [0.1, 0.15) is 34.1 Å². The molecule has 7 nitrogen and oxygen atoms in total. The first-order chi connectivity index (χ1) is 13.3. The molecule has 28 heavy (non-hydrogen) atoms. The predicted octanol–water partition coefficient (Wildman–Crippen LogP) is 2.64. The minimum atomic E-state index is -3.07. The maximum atomic E-state index is 11.9. The summed E-state index contributed by atoms with van der Waals surface area (Å²) < 4.78 is 29.8. The number of benzene rings is 1. The SMILES string of the molecule is Cc1nn([C@@H]2CCS(=O)(=O)C2)c(Cl)c1/C=C/C(=O)OCC(=O)c1ccccc1. The van der Waals surface area contributed by atoms with E-state index < -0.39 is 15.8 Å². The normalized spacial score (nSPS) is 18.4. The average molecular weight is 423 g/mol. The lowest BCUT2D eigenvalue weighted by Gasteiger charge is -2.09. The van der Waals surface area contributed by atoms with Crippen molar-refractivity contribution in [2.45, 2.75) is 19.4 Å². The number of aryl methyl sites for hydroxylation is 1. The molecule has 0 spiro atoms. The maximum Gasteiger partial charge on any atom is 0.331 e. The molecule has 1 atom stereocenters. The van der Waals surface area contributed by atoms with Crippen molar-refractivity contribution in [3.05, 3.63) is 58.4 Å². The Morgan fingerprint density at radius 3 is 2.68 bits per heavy atom. The molecule has 1 saturated heterocycles. The van der Waals surface area contributed by atoms with Crippen LogP contribution in [-0.2, 0) is 19.4 Å². The molecule has 1 aliphatic rings. The lowest BCUT2D eigenvalue weighted by molar-refractivity contribution is -0.136. The molecular weight excluding hydrogens is 404 g/mol. The van der Waals surface area contributed by atoms with Crippen LogP contribution in [0, 0.1) is 6.92 Å². The summed E-state index contributed by atoms with van der Waals surface area (Å²) in [4.78, 5) is 23.9. The van der Waals surface area contributed by atoms with Crippen LogP contribution in [0.25, 0.3) is 6.08 Å². The smallest absolute Gasteiger partial charge is 0.331 e. The van der Waals surface area contributed by atoms with Gasteiger partial charge in [-0.25, -0.2) is 17.9 Å². The highest BCUT2D eigenvalue weighted by atomic mass is 35.5. The third kappa shape index (κ3) is 4.69. The van der Waals surface area contributed by atoms with E-state index in [2.05, 4.69) is 5.10 Å². The van der Waals surface area contributed by atoms with E-state index in [1.807, 2.05) is 0 Å². The van der Waals surface area contributed by atoms with Crippen molar-refractivity contribution in [3.8, 4) is 0 Å². The second-order valence-electron chi connectivity index (χ2n) is 6.52. The number of ketones is 1. The molecule has 148 valence electrons. The van der Waals surface area contributed by atoms with Gasteiger partial charge in [0.15, 0.2) is 22.2 Å². The van der Waals surface area contributed by atoms with Gasteiger partial charge in [0.1, 0.15) is 5.15 Å². The van der Waals surface area contributed by atoms with E-state index in [1.165, 1.54) is 16.8 Å². The van der Waals surface area contributed by atoms with Crippen molar-refractivity contribution in [1.29, 1.82) is 0 Å². The molecule has 1 aromatic heterocycles. The number of ether oxygens (including phenoxy) is 1. The van der Waals surface area contributed by atoms with Crippen molar-refractivity contribution in [2.24, 2.45) is 0 Å². The van der Waals surface area contributed by atoms with Gasteiger partial charge in [-0.1, -0.05) is 41.9 Å². The van der Waals surface area contributed by atoms with E-state index in [1.54, 1.807) is 37.3 Å². The molecule has 9 heteroatoms. The summed E-state index contributed by atoms with van der Waals surface area (Å²) in [5.41, 5.74) is 1.54. The number of nitrogens with zero attached hydrogens (tertiary/aromatic N) is 2. The van der Waals surface area contributed by atoms with Gasteiger partial charge in [-0.3, -0.25) is 4.79 Å². The van der Waals surface area contributed by atoms with Gasteiger partial charge in [0.25, 0.3) is 0 Å². The number of sulfone groups is 1. The molecule has 2 heterocycles. The molecule has 0 saturated carbocycles. The third-order valence-electron chi connectivity index (χ3n) is 4.45. The standard InChI is InChI=1S/C19H19ClN2O5S/c1-13-16(19(20)22(21-13)15-9-10-28(25,26)12-15)7-8-18(24)27-11-17(23)14-5-3-2-4-6-14/h2-8,15H,9-12H2,1H3/b8-7+/t15-/m1/s1. The molecular formula is C19H19ClN2O5S. The first-order valence-electron chi connectivity index (χ1n) is 8.65. The molecule has 1 fully saturated rings. The number of hydrogen-bond acceptors (Lipinski definition) is 6. The quantitative estimate of drug-likeness (QED) is 0.403. The van der Waals surface area contributed by atoms with Gasteiger partial charge >= 0.3 is 5.97 Å². The van der Waals surface area contributed by atoms with Crippen molar-refractivity contribution in [3.63, 3.8) is 0 Å². The number of carbonyl (C=O) groups is 2. The average Bonchev–Trinajstić information content (AvgIpc) is 3.17. The van der Waals surface area contributed by atoms with Gasteiger partial charge in [-0.2, -0.15) is 5.10 Å². The van der Waals surface area contributed by atoms with Crippen LogP contribution in [0.4, 0.5) is 0 Å². The van der Waals surface area contributed by atoms with E-state index in [-0.39, 0.29) is 35.1 Å². The van der Waals surface area contributed by atoms with E-state index >= 15 is 0 Å². The van der Waals surface area contributed by atoms with Gasteiger partial charge < -0.3 is 4.74 Å². The summed E-state index contributed by atoms with van der Waals surface area (Å²) in [6, 6.07) is 8.23. The highest BCUT2D eigenvalue weighted by Gasteiger charge is 2.31. The molecule has 0 unspecified atom stereocenters. The fourth-order valence-corrected chi connectivity index (χ4v) is 5.04. The van der Waals surface area contributed by atoms with Gasteiger partial charge in [0, 0.05) is 17.2 Å². The van der Waals surface area contributed by atoms with Gasteiger partial charge in [0.2, 0.25) is 0 Å². The second-order valence-corrected chi connectivity index (χ2v) is 9.11. The Balaban J connectivity index is 1.64. The Kier molecular flexibility index (Phi) is 6.00. The molecule has 3 rings (SSSR count). The number of hydrogen-bond donors (Lipinski definition) is 0. The fourth-order valence-electron chi connectivity index (χ4n) is 2.98. The van der Waals surface area contributed by atoms with Crippen LogP contribution in [-0.4, -0.2) is 48.1 Å². The summed E-state index contributed by atoms with van der Waals surface area (Å²) in [5.74, 6) is -0.872. The summed E-state index contributed by atoms with van der Waals surface area (Å²) in [5, 5.41) is 4.58. The van der Waals surface area contributed by atoms with Crippen molar-refractivity contribution in [1.82, 2.24) is 9.78 Å². The third-order valence-corrected chi connectivity index (χ3v) is 6.58. The monoisotopic (exact) mass is 422 g/mol. The fraction of sp³-hybridized carbons (Fsp3) is 0.316. The molecule has 0 aliphatic carbocycles. The molecule has 1 aromatic carbocycles. The van der Waals surface area contributed by atoms with Crippen molar-refractivity contribution < 1.29 is 22.7 Å². The van der Waals surface area contributed by atoms with E-state index in [0.717, 1.165) is 0 Å². The van der Waals surface area contributed by atoms with Crippen LogP contribution in [0.3, 0.4) is 0 Å². The molecule has 0 radical (unpaired) electrons. The van der Waals surface area contributed by atoms with E-state index in [9.17, 15) is 18.0 Å². The van der Waals surface area contributed by atoms with Crippen LogP contribution < -0.4 is 0 Å². The maximum absolute atomic E-state index is 11.9. The minimum absolute atomic E-state index is 0.000628. The minimum Gasteiger partial charge on any atom is -0.454 e. The number of carbonyl (C=O) groups excluding carboxylic acids is 2. The van der Waals surface area contributed by atoms with Crippen LogP contribution >= 0.6 is 11.6 Å². The Morgan fingerprint density at radius 2 is 2.04 bits per heavy atom. The highest BCUT2D eigenvalue weighted by molar-refractivity contribution is 7.91. The summed E-state index contributed by atoms with van der Waals surface area (Å²) in [7, 11) is -3.07. The number of Topliss-reactive ketones (excluding diaryl/α,β-unsaturated/α-hetero) is 1. The topological polar surface area (TPSA) is 95.3 Å². The zero-order valence-electron chi connectivity index (χ0n) is 15.2. The predicted molar refractivity (Wildman–Crippen MR) is 105 cm³/mol. The van der Waals surface area contributed by atoms with Crippen LogP contribution in [0.5, 0.6) is 0 Å². The van der Waals surface area contributed by atoms with Crippen molar-refractivity contribution in [2.75, 3.05) is 18.1 Å². The van der Waals surface area contributed by atoms with E-state index in [0.29, 0.717) is 23.2 Å². The Labute approximate surface area is 167 Å². The first kappa shape index (κ1) is 20.3. The number of esters is 1. The second kappa shape index (κ2) is 8.28. The van der Waals surface area contributed by atoms with Gasteiger partial charge in [0.05, 0.1) is 23.2 Å². The largest absolute Gasteiger partial charge is 0.454 e. The molecule has 1 aliphatic heterocycles. The molecule has 0 bridgehead atoms. The zero-order chi connectivity index (χ0) is 20.3. The summed E-state index contributed by atoms with van der Waals surface area (Å²) in [6.45, 7) is 1.36. The highest BCUT2D eigenvalue weighted by Crippen LogP contribution is 2.30. The van der Waals surface area contributed by atoms with Crippen LogP contribution in [0.2, 0.25) is 5.15 Å². The molecule has 0 amide bonds. The lowest BCUT2D eigenvalue weighted by atomic mass is 10.1. The van der Waals surface area contributed by atoms with Crippen LogP contribution in [0.15, 0.2) is 36.4 Å². The Morgan fingerprint density at radius 1 is 1.32 bits per heavy atom. The lowest BCUT2D eigenvalue weighted by Crippen LogP contribution is -2.12. The molecule has 2 aromatic rings. The first-order valence-corrected chi connectivity index (χ1v) is 10.8. The van der Waals surface area contributed by atoms with E-state index in [4.69, 9.17) is 16.3 Å².